The van der Waals surface area contributed by atoms with E-state index in [1.165, 1.54) is 5.56 Å². The van der Waals surface area contributed by atoms with Gasteiger partial charge in [-0.05, 0) is 41.3 Å². The Morgan fingerprint density at radius 3 is 2.52 bits per heavy atom. The molecule has 0 fully saturated rings. The van der Waals surface area contributed by atoms with E-state index in [0.717, 1.165) is 11.3 Å². The van der Waals surface area contributed by atoms with Crippen LogP contribution >= 0.6 is 0 Å². The fourth-order valence-electron chi connectivity index (χ4n) is 2.38. The van der Waals surface area contributed by atoms with E-state index in [2.05, 4.69) is 30.7 Å². The fraction of sp³-hybridized carbons (Fsp3) is 0.263. The van der Waals surface area contributed by atoms with Crippen LogP contribution in [0.2, 0.25) is 0 Å². The van der Waals surface area contributed by atoms with Gasteiger partial charge in [0.05, 0.1) is 0 Å². The number of allylic oxidation sites excluding steroid dienone is 1. The van der Waals surface area contributed by atoms with Crippen molar-refractivity contribution < 1.29 is 9.53 Å². The third kappa shape index (κ3) is 3.42. The molecule has 0 atom stereocenters. The standard InChI is InChI=1S/C19H20N2O2/c1-19(2,3)14-8-6-13(7-9-14)17-21-16(18(22)23-17)11-10-15-5-4-12-20-15/h4-9,11-12,20H,10H2,1-3H3/b16-11+. The number of ether oxygens (including phenoxy) is 1. The lowest BCUT2D eigenvalue weighted by Crippen LogP contribution is -2.11. The number of esters is 1. The van der Waals surface area contributed by atoms with Gasteiger partial charge in [0, 0.05) is 23.9 Å². The molecule has 23 heavy (non-hydrogen) atoms. The lowest BCUT2D eigenvalue weighted by molar-refractivity contribution is -0.130. The molecule has 1 aliphatic rings. The molecule has 0 saturated carbocycles. The van der Waals surface area contributed by atoms with Gasteiger partial charge in [-0.2, -0.15) is 0 Å². The second-order valence-corrected chi connectivity index (χ2v) is 6.62. The highest BCUT2D eigenvalue weighted by atomic mass is 16.6. The summed E-state index contributed by atoms with van der Waals surface area (Å²) >= 11 is 0. The zero-order chi connectivity index (χ0) is 16.4. The van der Waals surface area contributed by atoms with Crippen molar-refractivity contribution in [1.82, 2.24) is 4.98 Å². The van der Waals surface area contributed by atoms with Gasteiger partial charge in [-0.3, -0.25) is 0 Å². The predicted molar refractivity (Wildman–Crippen MR) is 90.4 cm³/mol. The maximum Gasteiger partial charge on any atom is 0.363 e. The molecule has 0 bridgehead atoms. The van der Waals surface area contributed by atoms with Crippen LogP contribution in [0.4, 0.5) is 0 Å². The van der Waals surface area contributed by atoms with Crippen LogP contribution in [0, 0.1) is 0 Å². The van der Waals surface area contributed by atoms with E-state index in [1.807, 2.05) is 42.6 Å². The van der Waals surface area contributed by atoms with Crippen LogP contribution in [-0.2, 0) is 21.4 Å². The SMILES string of the molecule is CC(C)(C)c1ccc(C2=N/C(=C/Cc3ccc[nH]3)C(=O)O2)cc1. The minimum absolute atomic E-state index is 0.0911. The summed E-state index contributed by atoms with van der Waals surface area (Å²) < 4.78 is 5.29. The molecule has 2 aromatic rings. The number of hydrogen-bond acceptors (Lipinski definition) is 3. The molecule has 1 aliphatic heterocycles. The maximum absolute atomic E-state index is 11.9. The van der Waals surface area contributed by atoms with Gasteiger partial charge >= 0.3 is 5.97 Å². The summed E-state index contributed by atoms with van der Waals surface area (Å²) in [4.78, 5) is 19.3. The van der Waals surface area contributed by atoms with Crippen molar-refractivity contribution in [2.45, 2.75) is 32.6 Å². The summed E-state index contributed by atoms with van der Waals surface area (Å²) in [5.74, 6) is -0.0281. The number of hydrogen-bond donors (Lipinski definition) is 1. The fourth-order valence-corrected chi connectivity index (χ4v) is 2.38. The summed E-state index contributed by atoms with van der Waals surface area (Å²) in [6.07, 6.45) is 4.26. The average Bonchev–Trinajstić information content (AvgIpc) is 3.14. The number of aliphatic imine (C=N–C) groups is 1. The molecule has 0 aliphatic carbocycles. The van der Waals surface area contributed by atoms with Crippen molar-refractivity contribution in [2.75, 3.05) is 0 Å². The molecule has 4 nitrogen and oxygen atoms in total. The summed E-state index contributed by atoms with van der Waals surface area (Å²) in [6.45, 7) is 6.49. The quantitative estimate of drug-likeness (QED) is 0.693. The third-order valence-corrected chi connectivity index (χ3v) is 3.80. The molecule has 0 unspecified atom stereocenters. The van der Waals surface area contributed by atoms with E-state index in [9.17, 15) is 4.79 Å². The summed E-state index contributed by atoms with van der Waals surface area (Å²) in [6, 6.07) is 11.9. The Morgan fingerprint density at radius 1 is 1.17 bits per heavy atom. The van der Waals surface area contributed by atoms with Crippen molar-refractivity contribution in [3.05, 3.63) is 71.2 Å². The zero-order valence-corrected chi connectivity index (χ0v) is 13.6. The van der Waals surface area contributed by atoms with Crippen molar-refractivity contribution in [3.8, 4) is 0 Å². The second kappa shape index (κ2) is 5.88. The van der Waals surface area contributed by atoms with Crippen LogP contribution < -0.4 is 0 Å². The summed E-state index contributed by atoms with van der Waals surface area (Å²) in [5, 5.41) is 0. The van der Waals surface area contributed by atoms with Crippen molar-refractivity contribution in [1.29, 1.82) is 0 Å². The van der Waals surface area contributed by atoms with Crippen LogP contribution in [0.5, 0.6) is 0 Å². The third-order valence-electron chi connectivity index (χ3n) is 3.80. The second-order valence-electron chi connectivity index (χ2n) is 6.62. The lowest BCUT2D eigenvalue weighted by atomic mass is 9.87. The minimum Gasteiger partial charge on any atom is -0.402 e. The normalized spacial score (nSPS) is 16.6. The molecule has 4 heteroatoms. The molecule has 1 aromatic heterocycles. The number of aromatic nitrogens is 1. The minimum atomic E-state index is -0.397. The number of rotatable bonds is 3. The van der Waals surface area contributed by atoms with Crippen LogP contribution in [0.25, 0.3) is 0 Å². The van der Waals surface area contributed by atoms with Gasteiger partial charge in [0.25, 0.3) is 0 Å². The number of benzene rings is 1. The van der Waals surface area contributed by atoms with E-state index in [4.69, 9.17) is 4.74 Å². The van der Waals surface area contributed by atoms with Gasteiger partial charge in [-0.25, -0.2) is 9.79 Å². The first-order chi connectivity index (χ1) is 10.9. The highest BCUT2D eigenvalue weighted by molar-refractivity contribution is 6.11. The molecule has 0 radical (unpaired) electrons. The zero-order valence-electron chi connectivity index (χ0n) is 13.6. The molecule has 1 aromatic carbocycles. The van der Waals surface area contributed by atoms with Crippen LogP contribution in [-0.4, -0.2) is 16.9 Å². The maximum atomic E-state index is 11.9. The molecular formula is C19H20N2O2. The van der Waals surface area contributed by atoms with Gasteiger partial charge in [0.15, 0.2) is 0 Å². The first kappa shape index (κ1) is 15.3. The largest absolute Gasteiger partial charge is 0.402 e. The average molecular weight is 308 g/mol. The predicted octanol–water partition coefficient (Wildman–Crippen LogP) is 3.74. The first-order valence-corrected chi connectivity index (χ1v) is 7.68. The molecule has 3 rings (SSSR count). The highest BCUT2D eigenvalue weighted by Crippen LogP contribution is 2.24. The van der Waals surface area contributed by atoms with Gasteiger partial charge in [0.1, 0.15) is 5.70 Å². The number of aromatic amines is 1. The molecule has 0 saturated heterocycles. The van der Waals surface area contributed by atoms with Crippen LogP contribution in [0.3, 0.4) is 0 Å². The first-order valence-electron chi connectivity index (χ1n) is 7.68. The molecular weight excluding hydrogens is 288 g/mol. The Kier molecular flexibility index (Phi) is 3.90. The van der Waals surface area contributed by atoms with E-state index in [1.54, 1.807) is 6.08 Å². The van der Waals surface area contributed by atoms with Gasteiger partial charge in [-0.15, -0.1) is 0 Å². The molecule has 0 amide bonds. The number of carbonyl (C=O) groups excluding carboxylic acids is 1. The highest BCUT2D eigenvalue weighted by Gasteiger charge is 2.24. The Labute approximate surface area is 135 Å². The van der Waals surface area contributed by atoms with E-state index < -0.39 is 5.97 Å². The lowest BCUT2D eigenvalue weighted by Gasteiger charge is -2.18. The van der Waals surface area contributed by atoms with E-state index >= 15 is 0 Å². The molecule has 118 valence electrons. The number of nitrogens with zero attached hydrogens (tertiary/aromatic N) is 1. The monoisotopic (exact) mass is 308 g/mol. The summed E-state index contributed by atoms with van der Waals surface area (Å²) in [7, 11) is 0. The molecule has 2 heterocycles. The number of carbonyl (C=O) groups is 1. The van der Waals surface area contributed by atoms with Gasteiger partial charge < -0.3 is 9.72 Å². The number of H-pyrrole nitrogens is 1. The smallest absolute Gasteiger partial charge is 0.363 e. The topological polar surface area (TPSA) is 54.5 Å². The van der Waals surface area contributed by atoms with Gasteiger partial charge in [0.2, 0.25) is 5.90 Å². The number of cyclic esters (lactones) is 1. The van der Waals surface area contributed by atoms with E-state index in [-0.39, 0.29) is 5.41 Å². The van der Waals surface area contributed by atoms with Crippen molar-refractivity contribution >= 4 is 11.9 Å². The number of nitrogens with one attached hydrogen (secondary N) is 1. The Hall–Kier alpha value is -2.62. The Morgan fingerprint density at radius 2 is 1.91 bits per heavy atom. The van der Waals surface area contributed by atoms with Crippen molar-refractivity contribution in [3.63, 3.8) is 0 Å². The van der Waals surface area contributed by atoms with Gasteiger partial charge in [-0.1, -0.05) is 32.9 Å². The Balaban J connectivity index is 1.79. The van der Waals surface area contributed by atoms with E-state index in [0.29, 0.717) is 18.0 Å². The van der Waals surface area contributed by atoms with Crippen LogP contribution in [0.15, 0.2) is 59.4 Å². The molecule has 0 spiro atoms. The molecule has 1 N–H and O–H groups in total. The Bertz CT molecular complexity index is 761. The summed E-state index contributed by atoms with van der Waals surface area (Å²) in [5.41, 5.74) is 3.52. The van der Waals surface area contributed by atoms with Crippen LogP contribution in [0.1, 0.15) is 37.6 Å². The van der Waals surface area contributed by atoms with Crippen molar-refractivity contribution in [2.24, 2.45) is 4.99 Å².